The largest absolute Gasteiger partial charge is 0.445 e. The van der Waals surface area contributed by atoms with E-state index in [1.807, 2.05) is 30.3 Å². The fraction of sp³-hybridized carbons (Fsp3) is 0.321. The van der Waals surface area contributed by atoms with Crippen molar-refractivity contribution in [2.75, 3.05) is 32.7 Å². The number of fused-ring (bicyclic) bond motifs is 1. The Labute approximate surface area is 248 Å². The highest BCUT2D eigenvalue weighted by Crippen LogP contribution is 2.23. The number of aliphatic imine (C=N–C) groups is 1. The molecule has 14 nitrogen and oxygen atoms in total. The van der Waals surface area contributed by atoms with E-state index in [1.54, 1.807) is 41.8 Å². The first kappa shape index (κ1) is 31.2. The zero-order valence-corrected chi connectivity index (χ0v) is 24.1. The minimum absolute atomic E-state index is 0.0213. The zero-order valence-electron chi connectivity index (χ0n) is 23.3. The number of piperazine rings is 1. The molecule has 0 aromatic heterocycles. The van der Waals surface area contributed by atoms with Crippen molar-refractivity contribution in [3.63, 3.8) is 0 Å². The Kier molecular flexibility index (Phi) is 10.5. The lowest BCUT2D eigenvalue weighted by molar-refractivity contribution is -0.525. The Morgan fingerprint density at radius 3 is 2.35 bits per heavy atom. The van der Waals surface area contributed by atoms with Crippen LogP contribution in [-0.2, 0) is 26.2 Å². The summed E-state index contributed by atoms with van der Waals surface area (Å²) >= 11 is 0. The predicted octanol–water partition coefficient (Wildman–Crippen LogP) is 1.84. The van der Waals surface area contributed by atoms with Gasteiger partial charge < -0.3 is 20.3 Å². The normalized spacial score (nSPS) is 14.7. The van der Waals surface area contributed by atoms with Crippen molar-refractivity contribution in [2.24, 2.45) is 10.7 Å². The molecule has 228 valence electrons. The molecule has 1 fully saturated rings. The van der Waals surface area contributed by atoms with Crippen LogP contribution < -0.4 is 15.9 Å². The third-order valence-corrected chi connectivity index (χ3v) is 8.36. The fourth-order valence-electron chi connectivity index (χ4n) is 4.68. The van der Waals surface area contributed by atoms with Crippen molar-refractivity contribution in [3.05, 3.63) is 88.5 Å². The minimum Gasteiger partial charge on any atom is -0.445 e. The molecular formula is C28H33N7O7S. The molecule has 0 bridgehead atoms. The Morgan fingerprint density at radius 1 is 0.977 bits per heavy atom. The summed E-state index contributed by atoms with van der Waals surface area (Å²) < 4.78 is 35.1. The van der Waals surface area contributed by atoms with Gasteiger partial charge in [-0.15, -0.1) is 0 Å². The molecule has 1 atom stereocenters. The number of hydrogen-bond donors (Lipinski definition) is 3. The van der Waals surface area contributed by atoms with Gasteiger partial charge in [-0.1, -0.05) is 72.2 Å². The molecule has 3 aromatic rings. The third kappa shape index (κ3) is 8.62. The summed E-state index contributed by atoms with van der Waals surface area (Å²) in [4.78, 5) is 43.6. The molecule has 1 aliphatic heterocycles. The van der Waals surface area contributed by atoms with E-state index in [1.165, 1.54) is 15.9 Å². The molecule has 0 aliphatic carbocycles. The van der Waals surface area contributed by atoms with Crippen LogP contribution in [0.3, 0.4) is 0 Å². The average molecular weight is 612 g/mol. The standard InChI is InChI=1S/C28H33N7O7S/c29-27(31-35(38)39)30-15-7-13-24(32-43(40,41)25-14-6-11-22-10-4-5-12-23(22)25)26(36)33-16-18-34(19-17-33)28(37)42-20-21-8-2-1-3-9-21/h1-6,8-12,14,24,32H,7,13,15-20H2,(H3,29,30,31)/t24-/m0/s1. The van der Waals surface area contributed by atoms with E-state index in [9.17, 15) is 28.1 Å². The summed E-state index contributed by atoms with van der Waals surface area (Å²) in [6, 6.07) is 20.0. The number of ether oxygens (including phenoxy) is 1. The number of amides is 2. The summed E-state index contributed by atoms with van der Waals surface area (Å²) in [5, 5.41) is 10.9. The number of hydrogen-bond acceptors (Lipinski definition) is 8. The molecule has 1 aliphatic rings. The van der Waals surface area contributed by atoms with Crippen molar-refractivity contribution in [1.29, 1.82) is 0 Å². The van der Waals surface area contributed by atoms with Crippen molar-refractivity contribution < 1.29 is 27.8 Å². The van der Waals surface area contributed by atoms with E-state index < -0.39 is 39.1 Å². The van der Waals surface area contributed by atoms with Crippen LogP contribution in [0.15, 0.2) is 82.7 Å². The summed E-state index contributed by atoms with van der Waals surface area (Å²) in [5.41, 5.74) is 8.05. The van der Waals surface area contributed by atoms with Crippen molar-refractivity contribution in [2.45, 2.75) is 30.4 Å². The molecule has 3 aromatic carbocycles. The van der Waals surface area contributed by atoms with Crippen LogP contribution in [0.4, 0.5) is 4.79 Å². The van der Waals surface area contributed by atoms with Crippen LogP contribution in [0.2, 0.25) is 0 Å². The van der Waals surface area contributed by atoms with Gasteiger partial charge in [-0.05, 0) is 29.9 Å². The third-order valence-electron chi connectivity index (χ3n) is 6.83. The van der Waals surface area contributed by atoms with Crippen molar-refractivity contribution in [3.8, 4) is 0 Å². The molecular weight excluding hydrogens is 578 g/mol. The number of nitrogens with two attached hydrogens (primary N) is 1. The minimum atomic E-state index is -4.14. The van der Waals surface area contributed by atoms with E-state index >= 15 is 0 Å². The maximum Gasteiger partial charge on any atom is 0.410 e. The molecule has 0 radical (unpaired) electrons. The molecule has 0 unspecified atom stereocenters. The molecule has 43 heavy (non-hydrogen) atoms. The maximum absolute atomic E-state index is 13.6. The SMILES string of the molecule is NC(=NCCC[C@H](NS(=O)(=O)c1cccc2ccccc12)C(=O)N1CCN(C(=O)OCc2ccccc2)CC1)N[N+](=O)[O-]. The quantitative estimate of drug-likeness (QED) is 0.0955. The van der Waals surface area contributed by atoms with Crippen molar-refractivity contribution >= 4 is 38.8 Å². The topological polar surface area (TPSA) is 190 Å². The predicted molar refractivity (Wildman–Crippen MR) is 159 cm³/mol. The number of rotatable bonds is 11. The van der Waals surface area contributed by atoms with Crippen LogP contribution >= 0.6 is 0 Å². The van der Waals surface area contributed by atoms with E-state index in [0.717, 1.165) is 10.9 Å². The van der Waals surface area contributed by atoms with E-state index in [-0.39, 0.29) is 57.1 Å². The molecule has 4 rings (SSSR count). The second-order valence-electron chi connectivity index (χ2n) is 9.78. The lowest BCUT2D eigenvalue weighted by atomic mass is 10.1. The number of nitro groups is 1. The molecule has 0 saturated carbocycles. The summed E-state index contributed by atoms with van der Waals surface area (Å²) in [6.45, 7) is 0.951. The Hall–Kier alpha value is -4.76. The van der Waals surface area contributed by atoms with Gasteiger partial charge in [0.1, 0.15) is 12.6 Å². The average Bonchev–Trinajstić information content (AvgIpc) is 3.01. The lowest BCUT2D eigenvalue weighted by Crippen LogP contribution is -2.55. The van der Waals surface area contributed by atoms with Gasteiger partial charge in [-0.3, -0.25) is 4.79 Å². The van der Waals surface area contributed by atoms with Crippen LogP contribution in [0.25, 0.3) is 10.8 Å². The van der Waals surface area contributed by atoms with Gasteiger partial charge in [-0.2, -0.15) is 4.72 Å². The first-order valence-corrected chi connectivity index (χ1v) is 15.1. The molecule has 15 heteroatoms. The monoisotopic (exact) mass is 611 g/mol. The van der Waals surface area contributed by atoms with Crippen LogP contribution in [0, 0.1) is 10.1 Å². The van der Waals surface area contributed by atoms with Gasteiger partial charge in [-0.25, -0.2) is 28.3 Å². The number of guanidine groups is 1. The molecule has 2 amide bonds. The van der Waals surface area contributed by atoms with Gasteiger partial charge in [0.2, 0.25) is 15.9 Å². The fourth-order valence-corrected chi connectivity index (χ4v) is 6.13. The summed E-state index contributed by atoms with van der Waals surface area (Å²) in [6.07, 6.45) is -0.236. The summed E-state index contributed by atoms with van der Waals surface area (Å²) in [5.74, 6) is -0.860. The number of benzene rings is 3. The number of carbonyl (C=O) groups is 2. The van der Waals surface area contributed by atoms with E-state index in [0.29, 0.717) is 5.39 Å². The smallest absolute Gasteiger partial charge is 0.410 e. The molecule has 1 heterocycles. The molecule has 1 saturated heterocycles. The van der Waals surface area contributed by atoms with Gasteiger partial charge in [0, 0.05) is 38.1 Å². The highest BCUT2D eigenvalue weighted by Gasteiger charge is 2.32. The number of nitrogens with zero attached hydrogens (tertiary/aromatic N) is 4. The van der Waals surface area contributed by atoms with Gasteiger partial charge in [0.25, 0.3) is 5.96 Å². The summed E-state index contributed by atoms with van der Waals surface area (Å²) in [7, 11) is -4.14. The lowest BCUT2D eigenvalue weighted by Gasteiger charge is -2.36. The van der Waals surface area contributed by atoms with Crippen LogP contribution in [0.5, 0.6) is 0 Å². The Bertz CT molecular complexity index is 1570. The maximum atomic E-state index is 13.6. The number of sulfonamides is 1. The second kappa shape index (κ2) is 14.4. The Morgan fingerprint density at radius 2 is 1.63 bits per heavy atom. The van der Waals surface area contributed by atoms with E-state index in [4.69, 9.17) is 10.5 Å². The second-order valence-corrected chi connectivity index (χ2v) is 11.5. The van der Waals surface area contributed by atoms with Crippen molar-refractivity contribution in [1.82, 2.24) is 19.9 Å². The highest BCUT2D eigenvalue weighted by molar-refractivity contribution is 7.89. The van der Waals surface area contributed by atoms with Gasteiger partial charge in [0.05, 0.1) is 4.90 Å². The number of hydrazine groups is 1. The van der Waals surface area contributed by atoms with Crippen LogP contribution in [0.1, 0.15) is 18.4 Å². The van der Waals surface area contributed by atoms with Crippen LogP contribution in [-0.4, -0.2) is 80.0 Å². The van der Waals surface area contributed by atoms with Gasteiger partial charge in [0.15, 0.2) is 5.03 Å². The highest BCUT2D eigenvalue weighted by atomic mass is 32.2. The number of nitrogens with one attached hydrogen (secondary N) is 2. The van der Waals surface area contributed by atoms with Gasteiger partial charge >= 0.3 is 6.09 Å². The first-order valence-electron chi connectivity index (χ1n) is 13.6. The van der Waals surface area contributed by atoms with E-state index in [2.05, 4.69) is 9.71 Å². The number of carbonyl (C=O) groups excluding carboxylic acids is 2. The molecule has 0 spiro atoms. The zero-order chi connectivity index (χ0) is 30.8. The Balaban J connectivity index is 1.43. The first-order chi connectivity index (χ1) is 20.6. The molecule has 4 N–H and O–H groups in total.